The maximum Gasteiger partial charge on any atom is 0.303 e. The summed E-state index contributed by atoms with van der Waals surface area (Å²) in [5.74, 6) is -0.340. The van der Waals surface area contributed by atoms with Crippen LogP contribution in [0.25, 0.3) is 0 Å². The monoisotopic (exact) mass is 210 g/mol. The second-order valence-corrected chi connectivity index (χ2v) is 3.32. The SMILES string of the molecule is CCc1nc(C)[nH]c(=O)c1CCC(=O)O. The van der Waals surface area contributed by atoms with E-state index in [2.05, 4.69) is 9.97 Å². The van der Waals surface area contributed by atoms with Crippen molar-refractivity contribution in [2.45, 2.75) is 33.1 Å². The predicted molar refractivity (Wildman–Crippen MR) is 54.9 cm³/mol. The van der Waals surface area contributed by atoms with Gasteiger partial charge < -0.3 is 10.1 Å². The van der Waals surface area contributed by atoms with Gasteiger partial charge in [0.15, 0.2) is 0 Å². The number of hydrogen-bond donors (Lipinski definition) is 2. The Morgan fingerprint density at radius 2 is 2.20 bits per heavy atom. The Labute approximate surface area is 87.2 Å². The summed E-state index contributed by atoms with van der Waals surface area (Å²) < 4.78 is 0. The van der Waals surface area contributed by atoms with E-state index in [0.29, 0.717) is 23.5 Å². The highest BCUT2D eigenvalue weighted by atomic mass is 16.4. The van der Waals surface area contributed by atoms with E-state index in [0.717, 1.165) is 0 Å². The molecule has 0 aliphatic heterocycles. The molecular weight excluding hydrogens is 196 g/mol. The summed E-state index contributed by atoms with van der Waals surface area (Å²) in [4.78, 5) is 28.7. The lowest BCUT2D eigenvalue weighted by Crippen LogP contribution is -2.19. The van der Waals surface area contributed by atoms with E-state index in [1.807, 2.05) is 6.92 Å². The van der Waals surface area contributed by atoms with Gasteiger partial charge >= 0.3 is 5.97 Å². The molecule has 1 aromatic heterocycles. The first kappa shape index (κ1) is 11.4. The van der Waals surface area contributed by atoms with Gasteiger partial charge in [0.1, 0.15) is 5.82 Å². The van der Waals surface area contributed by atoms with E-state index in [9.17, 15) is 9.59 Å². The second-order valence-electron chi connectivity index (χ2n) is 3.32. The molecule has 5 heteroatoms. The smallest absolute Gasteiger partial charge is 0.303 e. The Kier molecular flexibility index (Phi) is 3.60. The number of nitrogens with zero attached hydrogens (tertiary/aromatic N) is 1. The van der Waals surface area contributed by atoms with E-state index in [4.69, 9.17) is 5.11 Å². The van der Waals surface area contributed by atoms with E-state index in [1.165, 1.54) is 0 Å². The molecule has 0 unspecified atom stereocenters. The standard InChI is InChI=1S/C10H14N2O3/c1-3-8-7(4-5-9(13)14)10(15)12-6(2)11-8/h3-5H2,1-2H3,(H,13,14)(H,11,12,15). The third-order valence-electron chi connectivity index (χ3n) is 2.14. The Hall–Kier alpha value is -1.65. The summed E-state index contributed by atoms with van der Waals surface area (Å²) in [5.41, 5.74) is 0.962. The van der Waals surface area contributed by atoms with Crippen molar-refractivity contribution >= 4 is 5.97 Å². The quantitative estimate of drug-likeness (QED) is 0.764. The molecule has 0 amide bonds. The number of hydrogen-bond acceptors (Lipinski definition) is 3. The number of carboxylic acid groups (broad SMARTS) is 1. The Morgan fingerprint density at radius 3 is 2.73 bits per heavy atom. The summed E-state index contributed by atoms with van der Waals surface area (Å²) in [6, 6.07) is 0. The van der Waals surface area contributed by atoms with Crippen LogP contribution in [0.4, 0.5) is 0 Å². The molecule has 1 rings (SSSR count). The number of carbonyl (C=O) groups is 1. The zero-order valence-corrected chi connectivity index (χ0v) is 8.83. The van der Waals surface area contributed by atoms with Crippen LogP contribution in [-0.4, -0.2) is 21.0 Å². The van der Waals surface area contributed by atoms with Gasteiger partial charge in [-0.3, -0.25) is 9.59 Å². The number of aliphatic carboxylic acids is 1. The third-order valence-corrected chi connectivity index (χ3v) is 2.14. The maximum absolute atomic E-state index is 11.5. The summed E-state index contributed by atoms with van der Waals surface area (Å²) >= 11 is 0. The molecule has 5 nitrogen and oxygen atoms in total. The largest absolute Gasteiger partial charge is 0.481 e. The van der Waals surface area contributed by atoms with Crippen molar-refractivity contribution in [1.29, 1.82) is 0 Å². The van der Waals surface area contributed by atoms with Crippen LogP contribution in [0.3, 0.4) is 0 Å². The summed E-state index contributed by atoms with van der Waals surface area (Å²) in [6.07, 6.45) is 0.835. The molecule has 0 aliphatic rings. The van der Waals surface area contributed by atoms with Crippen LogP contribution < -0.4 is 5.56 Å². The Balaban J connectivity index is 3.04. The molecule has 0 aromatic carbocycles. The fourth-order valence-electron chi connectivity index (χ4n) is 1.45. The number of H-pyrrole nitrogens is 1. The number of nitrogens with one attached hydrogen (secondary N) is 1. The molecule has 0 bridgehead atoms. The molecule has 1 aromatic rings. The Morgan fingerprint density at radius 1 is 1.53 bits per heavy atom. The lowest BCUT2D eigenvalue weighted by molar-refractivity contribution is -0.136. The summed E-state index contributed by atoms with van der Waals surface area (Å²) in [6.45, 7) is 3.60. The van der Waals surface area contributed by atoms with Gasteiger partial charge in [-0.1, -0.05) is 6.92 Å². The van der Waals surface area contributed by atoms with Gasteiger partial charge in [-0.25, -0.2) is 4.98 Å². The highest BCUT2D eigenvalue weighted by Crippen LogP contribution is 2.04. The van der Waals surface area contributed by atoms with Crippen molar-refractivity contribution in [3.8, 4) is 0 Å². The molecule has 0 atom stereocenters. The fraction of sp³-hybridized carbons (Fsp3) is 0.500. The van der Waals surface area contributed by atoms with Crippen LogP contribution >= 0.6 is 0 Å². The zero-order valence-electron chi connectivity index (χ0n) is 8.83. The molecule has 1 heterocycles. The minimum absolute atomic E-state index is 0.0409. The van der Waals surface area contributed by atoms with Crippen molar-refractivity contribution in [2.75, 3.05) is 0 Å². The maximum atomic E-state index is 11.5. The fourth-order valence-corrected chi connectivity index (χ4v) is 1.45. The first-order valence-corrected chi connectivity index (χ1v) is 4.85. The molecule has 0 saturated heterocycles. The lowest BCUT2D eigenvalue weighted by atomic mass is 10.1. The van der Waals surface area contributed by atoms with Crippen molar-refractivity contribution in [2.24, 2.45) is 0 Å². The minimum atomic E-state index is -0.906. The van der Waals surface area contributed by atoms with Crippen LogP contribution in [0.2, 0.25) is 0 Å². The van der Waals surface area contributed by atoms with Gasteiger partial charge in [-0.2, -0.15) is 0 Å². The third kappa shape index (κ3) is 2.90. The van der Waals surface area contributed by atoms with Crippen LogP contribution in [-0.2, 0) is 17.6 Å². The zero-order chi connectivity index (χ0) is 11.4. The topological polar surface area (TPSA) is 83.0 Å². The number of aryl methyl sites for hydroxylation is 2. The normalized spacial score (nSPS) is 10.3. The number of aromatic amines is 1. The molecule has 15 heavy (non-hydrogen) atoms. The first-order chi connectivity index (χ1) is 7.04. The number of carboxylic acids is 1. The Bertz CT molecular complexity index is 423. The van der Waals surface area contributed by atoms with Crippen LogP contribution in [0.1, 0.15) is 30.4 Å². The summed E-state index contributed by atoms with van der Waals surface area (Å²) in [5, 5.41) is 8.55. The molecule has 0 fully saturated rings. The molecule has 0 saturated carbocycles. The van der Waals surface area contributed by atoms with Gasteiger partial charge in [-0.15, -0.1) is 0 Å². The molecule has 0 aliphatic carbocycles. The van der Waals surface area contributed by atoms with Gasteiger partial charge in [0.25, 0.3) is 5.56 Å². The minimum Gasteiger partial charge on any atom is -0.481 e. The van der Waals surface area contributed by atoms with E-state index in [-0.39, 0.29) is 18.4 Å². The average Bonchev–Trinajstić information content (AvgIpc) is 2.14. The predicted octanol–water partition coefficient (Wildman–Crippen LogP) is 0.658. The van der Waals surface area contributed by atoms with Gasteiger partial charge in [0.05, 0.1) is 5.69 Å². The van der Waals surface area contributed by atoms with E-state index < -0.39 is 5.97 Å². The van der Waals surface area contributed by atoms with E-state index >= 15 is 0 Å². The molecule has 2 N–H and O–H groups in total. The highest BCUT2D eigenvalue weighted by molar-refractivity contribution is 5.67. The molecule has 82 valence electrons. The number of aromatic nitrogens is 2. The lowest BCUT2D eigenvalue weighted by Gasteiger charge is -2.05. The molecular formula is C10H14N2O3. The van der Waals surface area contributed by atoms with Crippen LogP contribution in [0.5, 0.6) is 0 Å². The van der Waals surface area contributed by atoms with Gasteiger partial charge in [0.2, 0.25) is 0 Å². The number of rotatable bonds is 4. The van der Waals surface area contributed by atoms with E-state index in [1.54, 1.807) is 6.92 Å². The summed E-state index contributed by atoms with van der Waals surface area (Å²) in [7, 11) is 0. The molecule has 0 spiro atoms. The average molecular weight is 210 g/mol. The highest BCUT2D eigenvalue weighted by Gasteiger charge is 2.10. The first-order valence-electron chi connectivity index (χ1n) is 4.85. The van der Waals surface area contributed by atoms with Crippen LogP contribution in [0, 0.1) is 6.92 Å². The van der Waals surface area contributed by atoms with Gasteiger partial charge in [-0.05, 0) is 19.8 Å². The van der Waals surface area contributed by atoms with Crippen molar-refractivity contribution in [3.05, 3.63) is 27.4 Å². The van der Waals surface area contributed by atoms with Crippen molar-refractivity contribution in [1.82, 2.24) is 9.97 Å². The van der Waals surface area contributed by atoms with Crippen LogP contribution in [0.15, 0.2) is 4.79 Å². The van der Waals surface area contributed by atoms with Gasteiger partial charge in [0, 0.05) is 12.0 Å². The van der Waals surface area contributed by atoms with Crippen molar-refractivity contribution < 1.29 is 9.90 Å². The molecule has 0 radical (unpaired) electrons. The van der Waals surface area contributed by atoms with Crippen molar-refractivity contribution in [3.63, 3.8) is 0 Å². The second kappa shape index (κ2) is 4.72.